The van der Waals surface area contributed by atoms with Crippen molar-refractivity contribution in [2.45, 2.75) is 31.0 Å². The van der Waals surface area contributed by atoms with Crippen LogP contribution in [0.2, 0.25) is 0 Å². The van der Waals surface area contributed by atoms with Crippen molar-refractivity contribution in [3.63, 3.8) is 0 Å². The number of nitrogens with two attached hydrogens (primary N) is 3. The van der Waals surface area contributed by atoms with Crippen LogP contribution >= 0.6 is 0 Å². The van der Waals surface area contributed by atoms with E-state index in [-0.39, 0.29) is 18.2 Å². The second-order valence-electron chi connectivity index (χ2n) is 4.46. The Balaban J connectivity index is 2.02. The molecule has 0 spiro atoms. The summed E-state index contributed by atoms with van der Waals surface area (Å²) < 4.78 is 5.34. The fraction of sp³-hybridized carbons (Fsp3) is 0.417. The number of benzene rings is 1. The summed E-state index contributed by atoms with van der Waals surface area (Å²) in [5.41, 5.74) is 18.2. The molecule has 2 rings (SSSR count). The molecule has 1 aliphatic carbocycles. The molecule has 0 bridgehead atoms. The molecule has 1 aromatic carbocycles. The van der Waals surface area contributed by atoms with Gasteiger partial charge in [-0.05, 0) is 24.6 Å². The molecule has 1 aliphatic rings. The van der Waals surface area contributed by atoms with E-state index in [1.165, 1.54) is 0 Å². The van der Waals surface area contributed by atoms with E-state index in [0.29, 0.717) is 24.1 Å². The number of hydrogen-bond donors (Lipinski definition) is 3. The Morgan fingerprint density at radius 3 is 2.65 bits per heavy atom. The predicted molar refractivity (Wildman–Crippen MR) is 65.2 cm³/mol. The summed E-state index contributed by atoms with van der Waals surface area (Å²) >= 11 is 0. The molecule has 92 valence electrons. The molecule has 5 heteroatoms. The topological polar surface area (TPSA) is 104 Å². The molecular formula is C12H17N3O2. The smallest absolute Gasteiger partial charge is 0.338 e. The fourth-order valence-corrected chi connectivity index (χ4v) is 2.08. The highest BCUT2D eigenvalue weighted by Gasteiger charge is 2.32. The average molecular weight is 235 g/mol. The summed E-state index contributed by atoms with van der Waals surface area (Å²) in [6.07, 6.45) is 1.02. The van der Waals surface area contributed by atoms with Crippen molar-refractivity contribution in [2.24, 2.45) is 11.5 Å². The van der Waals surface area contributed by atoms with Crippen molar-refractivity contribution >= 4 is 11.7 Å². The van der Waals surface area contributed by atoms with E-state index < -0.39 is 5.97 Å². The Morgan fingerprint density at radius 2 is 2.06 bits per heavy atom. The predicted octanol–water partition coefficient (Wildman–Crippen LogP) is 0.243. The quantitative estimate of drug-likeness (QED) is 0.503. The molecule has 0 aliphatic heterocycles. The van der Waals surface area contributed by atoms with Crippen molar-refractivity contribution in [1.29, 1.82) is 0 Å². The normalized spacial score (nSPS) is 28.0. The summed E-state index contributed by atoms with van der Waals surface area (Å²) in [5, 5.41) is 0. The highest BCUT2D eigenvalue weighted by Crippen LogP contribution is 2.21. The molecular weight excluding hydrogens is 218 g/mol. The van der Waals surface area contributed by atoms with Gasteiger partial charge in [-0.2, -0.15) is 0 Å². The number of anilines is 1. The van der Waals surface area contributed by atoms with Crippen molar-refractivity contribution < 1.29 is 9.53 Å². The van der Waals surface area contributed by atoms with E-state index in [4.69, 9.17) is 21.9 Å². The Bertz CT molecular complexity index is 422. The standard InChI is InChI=1S/C12H17N3O2/c13-8-3-1-2-7(4-8)12(16)17-11-6-9(14)5-10(11)15/h1-4,9-11H,5-6,13-15H2/t9-,10+,11+/m0/s1. The first-order chi connectivity index (χ1) is 8.06. The molecule has 0 heterocycles. The van der Waals surface area contributed by atoms with Gasteiger partial charge in [-0.15, -0.1) is 0 Å². The van der Waals surface area contributed by atoms with Gasteiger partial charge >= 0.3 is 5.97 Å². The number of carbonyl (C=O) groups is 1. The van der Waals surface area contributed by atoms with Crippen LogP contribution in [-0.4, -0.2) is 24.2 Å². The second kappa shape index (κ2) is 4.73. The van der Waals surface area contributed by atoms with Gasteiger partial charge in [-0.1, -0.05) is 6.07 Å². The number of ether oxygens (including phenoxy) is 1. The molecule has 17 heavy (non-hydrogen) atoms. The average Bonchev–Trinajstić information content (AvgIpc) is 2.57. The van der Waals surface area contributed by atoms with Crippen LogP contribution in [-0.2, 0) is 4.74 Å². The van der Waals surface area contributed by atoms with Crippen LogP contribution in [0.15, 0.2) is 24.3 Å². The van der Waals surface area contributed by atoms with Crippen LogP contribution in [0.5, 0.6) is 0 Å². The monoisotopic (exact) mass is 235 g/mol. The van der Waals surface area contributed by atoms with Gasteiger partial charge < -0.3 is 21.9 Å². The Kier molecular flexibility index (Phi) is 3.31. The Hall–Kier alpha value is -1.59. The van der Waals surface area contributed by atoms with E-state index in [0.717, 1.165) is 0 Å². The fourth-order valence-electron chi connectivity index (χ4n) is 2.08. The van der Waals surface area contributed by atoms with Gasteiger partial charge in [0, 0.05) is 24.2 Å². The first-order valence-corrected chi connectivity index (χ1v) is 5.64. The molecule has 1 fully saturated rings. The first-order valence-electron chi connectivity index (χ1n) is 5.64. The maximum absolute atomic E-state index is 11.8. The van der Waals surface area contributed by atoms with E-state index in [2.05, 4.69) is 0 Å². The van der Waals surface area contributed by atoms with Crippen LogP contribution < -0.4 is 17.2 Å². The van der Waals surface area contributed by atoms with E-state index in [1.54, 1.807) is 24.3 Å². The molecule has 5 nitrogen and oxygen atoms in total. The summed E-state index contributed by atoms with van der Waals surface area (Å²) in [6, 6.07) is 6.53. The molecule has 6 N–H and O–H groups in total. The van der Waals surface area contributed by atoms with E-state index in [1.807, 2.05) is 0 Å². The van der Waals surface area contributed by atoms with Crippen LogP contribution in [0, 0.1) is 0 Å². The zero-order valence-electron chi connectivity index (χ0n) is 9.50. The van der Waals surface area contributed by atoms with Crippen LogP contribution in [0.25, 0.3) is 0 Å². The molecule has 0 unspecified atom stereocenters. The lowest BCUT2D eigenvalue weighted by atomic mass is 10.2. The molecule has 1 saturated carbocycles. The minimum Gasteiger partial charge on any atom is -0.457 e. The van der Waals surface area contributed by atoms with Gasteiger partial charge in [-0.3, -0.25) is 0 Å². The second-order valence-corrected chi connectivity index (χ2v) is 4.46. The van der Waals surface area contributed by atoms with Gasteiger partial charge in [0.05, 0.1) is 5.56 Å². The largest absolute Gasteiger partial charge is 0.457 e. The van der Waals surface area contributed by atoms with Gasteiger partial charge in [-0.25, -0.2) is 4.79 Å². The first kappa shape index (κ1) is 11.9. The number of rotatable bonds is 2. The number of hydrogen-bond acceptors (Lipinski definition) is 5. The van der Waals surface area contributed by atoms with Gasteiger partial charge in [0.2, 0.25) is 0 Å². The summed E-state index contributed by atoms with van der Waals surface area (Å²) in [6.45, 7) is 0. The maximum Gasteiger partial charge on any atom is 0.338 e. The van der Waals surface area contributed by atoms with Crippen molar-refractivity contribution in [2.75, 3.05) is 5.73 Å². The third-order valence-corrected chi connectivity index (χ3v) is 2.97. The van der Waals surface area contributed by atoms with Crippen LogP contribution in [0.1, 0.15) is 23.2 Å². The number of esters is 1. The molecule has 0 aromatic heterocycles. The zero-order valence-corrected chi connectivity index (χ0v) is 9.50. The molecule has 0 amide bonds. The van der Waals surface area contributed by atoms with E-state index in [9.17, 15) is 4.79 Å². The SMILES string of the molecule is Nc1cccc(C(=O)O[C@@H]2C[C@@H](N)C[C@H]2N)c1. The van der Waals surface area contributed by atoms with Gasteiger partial charge in [0.25, 0.3) is 0 Å². The highest BCUT2D eigenvalue weighted by molar-refractivity contribution is 5.90. The summed E-state index contributed by atoms with van der Waals surface area (Å²) in [7, 11) is 0. The van der Waals surface area contributed by atoms with Crippen LogP contribution in [0.4, 0.5) is 5.69 Å². The molecule has 0 radical (unpaired) electrons. The molecule has 1 aromatic rings. The summed E-state index contributed by atoms with van der Waals surface area (Å²) in [4.78, 5) is 11.8. The number of carbonyl (C=O) groups excluding carboxylic acids is 1. The van der Waals surface area contributed by atoms with Gasteiger partial charge in [0.1, 0.15) is 6.10 Å². The lowest BCUT2D eigenvalue weighted by Gasteiger charge is -2.16. The van der Waals surface area contributed by atoms with Crippen molar-refractivity contribution in [3.8, 4) is 0 Å². The minimum atomic E-state index is -0.396. The third kappa shape index (κ3) is 2.75. The molecule has 3 atom stereocenters. The third-order valence-electron chi connectivity index (χ3n) is 2.97. The Morgan fingerprint density at radius 1 is 1.29 bits per heavy atom. The zero-order chi connectivity index (χ0) is 12.4. The van der Waals surface area contributed by atoms with E-state index >= 15 is 0 Å². The Labute approximate surface area is 99.9 Å². The van der Waals surface area contributed by atoms with Gasteiger partial charge in [0.15, 0.2) is 0 Å². The van der Waals surface area contributed by atoms with Crippen LogP contribution in [0.3, 0.4) is 0 Å². The maximum atomic E-state index is 11.8. The summed E-state index contributed by atoms with van der Waals surface area (Å²) in [5.74, 6) is -0.396. The lowest BCUT2D eigenvalue weighted by molar-refractivity contribution is 0.0281. The number of nitrogen functional groups attached to an aromatic ring is 1. The highest BCUT2D eigenvalue weighted by atomic mass is 16.5. The van der Waals surface area contributed by atoms with Crippen molar-refractivity contribution in [3.05, 3.63) is 29.8 Å². The minimum absolute atomic E-state index is 0.0173. The van der Waals surface area contributed by atoms with Crippen molar-refractivity contribution in [1.82, 2.24) is 0 Å². The lowest BCUT2D eigenvalue weighted by Crippen LogP contribution is -2.33. The molecule has 0 saturated heterocycles.